The van der Waals surface area contributed by atoms with Crippen molar-refractivity contribution in [2.75, 3.05) is 44.2 Å². The molecule has 7 heteroatoms. The molecule has 4 rings (SSSR count). The summed E-state index contributed by atoms with van der Waals surface area (Å²) in [6, 6.07) is 13.1. The summed E-state index contributed by atoms with van der Waals surface area (Å²) in [6.45, 7) is 5.81. The van der Waals surface area contributed by atoms with E-state index in [1.807, 2.05) is 15.9 Å². The Morgan fingerprint density at radius 1 is 1.21 bits per heavy atom. The summed E-state index contributed by atoms with van der Waals surface area (Å²) >= 11 is 0. The van der Waals surface area contributed by atoms with Gasteiger partial charge >= 0.3 is 0 Å². The average molecular weight is 393 g/mol. The molecule has 1 aromatic carbocycles. The van der Waals surface area contributed by atoms with E-state index in [1.54, 1.807) is 6.92 Å². The highest BCUT2D eigenvalue weighted by molar-refractivity contribution is 5.78. The molecule has 0 spiro atoms. The van der Waals surface area contributed by atoms with E-state index in [0.29, 0.717) is 56.2 Å². The van der Waals surface area contributed by atoms with Gasteiger partial charge < -0.3 is 14.2 Å². The molecule has 2 aliphatic rings. The van der Waals surface area contributed by atoms with Crippen molar-refractivity contribution in [3.05, 3.63) is 47.5 Å². The van der Waals surface area contributed by atoms with Gasteiger partial charge in [-0.05, 0) is 31.4 Å². The van der Waals surface area contributed by atoms with Crippen molar-refractivity contribution in [1.29, 1.82) is 5.26 Å². The lowest BCUT2D eigenvalue weighted by molar-refractivity contribution is -0.133. The molecule has 2 saturated heterocycles. The number of hydrogen-bond donors (Lipinski definition) is 0. The third-order valence-corrected chi connectivity index (χ3v) is 5.89. The number of nitriles is 1. The molecule has 2 aliphatic heterocycles. The predicted octanol–water partition coefficient (Wildman–Crippen LogP) is 2.21. The molecule has 0 bridgehead atoms. The largest absolute Gasteiger partial charge is 0.424 e. The van der Waals surface area contributed by atoms with Gasteiger partial charge in [-0.2, -0.15) is 5.26 Å². The van der Waals surface area contributed by atoms with Crippen molar-refractivity contribution < 1.29 is 9.21 Å². The Morgan fingerprint density at radius 2 is 1.97 bits per heavy atom. The van der Waals surface area contributed by atoms with Crippen LogP contribution in [0.3, 0.4) is 0 Å². The van der Waals surface area contributed by atoms with Crippen LogP contribution in [0.2, 0.25) is 0 Å². The van der Waals surface area contributed by atoms with Crippen LogP contribution in [-0.2, 0) is 11.2 Å². The van der Waals surface area contributed by atoms with Gasteiger partial charge in [-0.25, -0.2) is 4.98 Å². The fraction of sp³-hybridized carbons (Fsp3) is 0.500. The lowest BCUT2D eigenvalue weighted by atomic mass is 10.0. The topological polar surface area (TPSA) is 76.6 Å². The first-order chi connectivity index (χ1) is 14.1. The van der Waals surface area contributed by atoms with Crippen molar-refractivity contribution in [1.82, 2.24) is 14.8 Å². The second-order valence-corrected chi connectivity index (χ2v) is 7.82. The van der Waals surface area contributed by atoms with Crippen LogP contribution in [0.4, 0.5) is 5.88 Å². The smallest absolute Gasteiger partial charge is 0.236 e. The molecule has 29 heavy (non-hydrogen) atoms. The summed E-state index contributed by atoms with van der Waals surface area (Å²) < 4.78 is 5.60. The van der Waals surface area contributed by atoms with E-state index >= 15 is 0 Å². The Labute approximate surface area is 171 Å². The van der Waals surface area contributed by atoms with Crippen LogP contribution in [-0.4, -0.2) is 66.0 Å². The van der Waals surface area contributed by atoms with E-state index in [0.717, 1.165) is 25.8 Å². The quantitative estimate of drug-likeness (QED) is 0.775. The number of carbonyl (C=O) groups excluding carboxylic acids is 1. The van der Waals surface area contributed by atoms with E-state index < -0.39 is 0 Å². The van der Waals surface area contributed by atoms with Gasteiger partial charge in [0.1, 0.15) is 6.07 Å². The Morgan fingerprint density at radius 3 is 2.69 bits per heavy atom. The summed E-state index contributed by atoms with van der Waals surface area (Å²) in [7, 11) is 0. The molecule has 1 atom stereocenters. The van der Waals surface area contributed by atoms with E-state index in [1.165, 1.54) is 5.56 Å². The predicted molar refractivity (Wildman–Crippen MR) is 109 cm³/mol. The summed E-state index contributed by atoms with van der Waals surface area (Å²) in [5.41, 5.74) is 1.66. The molecule has 0 saturated carbocycles. The van der Waals surface area contributed by atoms with E-state index in [-0.39, 0.29) is 5.91 Å². The second kappa shape index (κ2) is 8.66. The molecule has 2 aromatic rings. The molecule has 2 fully saturated rings. The van der Waals surface area contributed by atoms with Crippen molar-refractivity contribution in [3.8, 4) is 6.07 Å². The maximum Gasteiger partial charge on any atom is 0.236 e. The van der Waals surface area contributed by atoms with Crippen LogP contribution in [0.15, 0.2) is 34.7 Å². The maximum atomic E-state index is 12.9. The number of likely N-dealkylation sites (tertiary alicyclic amines) is 1. The maximum absolute atomic E-state index is 12.9. The molecular formula is C22H27N5O2. The third kappa shape index (κ3) is 4.43. The van der Waals surface area contributed by atoms with Crippen LogP contribution in [0.5, 0.6) is 0 Å². The number of hydrogen-bond acceptors (Lipinski definition) is 6. The van der Waals surface area contributed by atoms with Crippen LogP contribution in [0, 0.1) is 18.3 Å². The minimum Gasteiger partial charge on any atom is -0.424 e. The molecule has 1 amide bonds. The summed E-state index contributed by atoms with van der Waals surface area (Å²) in [4.78, 5) is 23.3. The number of anilines is 1. The molecule has 7 nitrogen and oxygen atoms in total. The van der Waals surface area contributed by atoms with Crippen LogP contribution < -0.4 is 4.90 Å². The molecule has 152 valence electrons. The zero-order valence-electron chi connectivity index (χ0n) is 16.9. The number of amides is 1. The average Bonchev–Trinajstić information content (AvgIpc) is 3.34. The SMILES string of the molecule is Cc1nc(C#N)c(N2CCN(C(=O)CN3CCC[C@H]3Cc3ccccc3)CC2)o1. The lowest BCUT2D eigenvalue weighted by Gasteiger charge is -2.36. The van der Waals surface area contributed by atoms with Gasteiger partial charge in [0.2, 0.25) is 17.5 Å². The molecule has 3 heterocycles. The van der Waals surface area contributed by atoms with Gasteiger partial charge in [0, 0.05) is 39.1 Å². The van der Waals surface area contributed by atoms with Crippen LogP contribution in [0.25, 0.3) is 0 Å². The Kier molecular flexibility index (Phi) is 5.81. The number of oxazole rings is 1. The fourth-order valence-electron chi connectivity index (χ4n) is 4.36. The van der Waals surface area contributed by atoms with Crippen molar-refractivity contribution in [2.24, 2.45) is 0 Å². The molecule has 0 aliphatic carbocycles. The number of aryl methyl sites for hydroxylation is 1. The van der Waals surface area contributed by atoms with Crippen molar-refractivity contribution >= 4 is 11.8 Å². The van der Waals surface area contributed by atoms with Gasteiger partial charge in [0.15, 0.2) is 5.89 Å². The second-order valence-electron chi connectivity index (χ2n) is 7.82. The molecule has 0 radical (unpaired) electrons. The standard InChI is InChI=1S/C22H27N5O2/c1-17-24-20(15-23)22(29-17)26-12-10-25(11-13-26)21(28)16-27-9-5-8-19(27)14-18-6-3-2-4-7-18/h2-4,6-7,19H,5,8-14,16H2,1H3/t19-/m0/s1. The number of rotatable bonds is 5. The van der Waals surface area contributed by atoms with Gasteiger partial charge in [-0.1, -0.05) is 30.3 Å². The summed E-state index contributed by atoms with van der Waals surface area (Å²) in [5, 5.41) is 9.22. The van der Waals surface area contributed by atoms with E-state index in [4.69, 9.17) is 4.42 Å². The first kappa shape index (κ1) is 19.5. The zero-order valence-corrected chi connectivity index (χ0v) is 16.9. The Hall–Kier alpha value is -2.85. The van der Waals surface area contributed by atoms with Crippen molar-refractivity contribution in [2.45, 2.75) is 32.2 Å². The van der Waals surface area contributed by atoms with E-state index in [9.17, 15) is 10.1 Å². The molecular weight excluding hydrogens is 366 g/mol. The zero-order chi connectivity index (χ0) is 20.2. The van der Waals surface area contributed by atoms with Gasteiger partial charge in [-0.15, -0.1) is 0 Å². The third-order valence-electron chi connectivity index (χ3n) is 5.89. The number of nitrogens with zero attached hydrogens (tertiary/aromatic N) is 5. The highest BCUT2D eigenvalue weighted by Crippen LogP contribution is 2.24. The molecule has 0 unspecified atom stereocenters. The summed E-state index contributed by atoms with van der Waals surface area (Å²) in [6.07, 6.45) is 3.31. The molecule has 0 N–H and O–H groups in total. The number of aromatic nitrogens is 1. The van der Waals surface area contributed by atoms with Crippen LogP contribution >= 0.6 is 0 Å². The van der Waals surface area contributed by atoms with Gasteiger partial charge in [0.05, 0.1) is 6.54 Å². The van der Waals surface area contributed by atoms with Gasteiger partial charge in [-0.3, -0.25) is 9.69 Å². The van der Waals surface area contributed by atoms with Gasteiger partial charge in [0.25, 0.3) is 0 Å². The first-order valence-corrected chi connectivity index (χ1v) is 10.3. The van der Waals surface area contributed by atoms with E-state index in [2.05, 4.69) is 40.2 Å². The fourth-order valence-corrected chi connectivity index (χ4v) is 4.36. The van der Waals surface area contributed by atoms with Crippen LogP contribution in [0.1, 0.15) is 30.0 Å². The Balaban J connectivity index is 1.31. The first-order valence-electron chi connectivity index (χ1n) is 10.3. The van der Waals surface area contributed by atoms with Crippen molar-refractivity contribution in [3.63, 3.8) is 0 Å². The minimum atomic E-state index is 0.193. The highest BCUT2D eigenvalue weighted by atomic mass is 16.4. The normalized spacial score (nSPS) is 20.1. The minimum absolute atomic E-state index is 0.193. The number of piperazine rings is 1. The molecule has 1 aromatic heterocycles. The Bertz CT molecular complexity index is 880. The summed E-state index contributed by atoms with van der Waals surface area (Å²) in [5.74, 6) is 1.21. The number of benzene rings is 1. The lowest BCUT2D eigenvalue weighted by Crippen LogP contribution is -2.52. The monoisotopic (exact) mass is 393 g/mol. The highest BCUT2D eigenvalue weighted by Gasteiger charge is 2.30. The number of carbonyl (C=O) groups is 1.